The van der Waals surface area contributed by atoms with Crippen LogP contribution in [0, 0.1) is 0 Å². The standard InChI is InChI=1S/C13H15N5O/c14-13-15-11(16-17-13)12(19)18-7-5-9-3-1-2-4-10(9)6-8-18/h1-4H,5-8H2,(H3,14,15,16,17). The first-order chi connectivity index (χ1) is 9.24. The van der Waals surface area contributed by atoms with Gasteiger partial charge in [-0.25, -0.2) is 0 Å². The van der Waals surface area contributed by atoms with Crippen LogP contribution in [0.4, 0.5) is 5.95 Å². The molecule has 1 aliphatic heterocycles. The fourth-order valence-corrected chi connectivity index (χ4v) is 2.39. The van der Waals surface area contributed by atoms with E-state index in [0.29, 0.717) is 13.1 Å². The molecule has 0 unspecified atom stereocenters. The molecule has 0 spiro atoms. The van der Waals surface area contributed by atoms with E-state index in [1.807, 2.05) is 12.1 Å². The van der Waals surface area contributed by atoms with Gasteiger partial charge in [0.15, 0.2) is 0 Å². The highest BCUT2D eigenvalue weighted by atomic mass is 16.2. The molecule has 3 rings (SSSR count). The average molecular weight is 257 g/mol. The number of fused-ring (bicyclic) bond motifs is 1. The number of hydrogen-bond donors (Lipinski definition) is 2. The molecule has 1 aromatic heterocycles. The minimum Gasteiger partial charge on any atom is -0.366 e. The predicted octanol–water partition coefficient (Wildman–Crippen LogP) is 0.628. The van der Waals surface area contributed by atoms with E-state index >= 15 is 0 Å². The van der Waals surface area contributed by atoms with Gasteiger partial charge in [-0.1, -0.05) is 24.3 Å². The van der Waals surface area contributed by atoms with Gasteiger partial charge in [0, 0.05) is 13.1 Å². The van der Waals surface area contributed by atoms with E-state index in [2.05, 4.69) is 27.3 Å². The molecule has 0 saturated carbocycles. The van der Waals surface area contributed by atoms with Crippen molar-refractivity contribution in [2.75, 3.05) is 18.8 Å². The van der Waals surface area contributed by atoms with Crippen molar-refractivity contribution in [1.82, 2.24) is 20.1 Å². The third-order valence-corrected chi connectivity index (χ3v) is 3.41. The van der Waals surface area contributed by atoms with Crippen LogP contribution in [0.2, 0.25) is 0 Å². The number of nitrogen functional groups attached to an aromatic ring is 1. The van der Waals surface area contributed by atoms with Gasteiger partial charge in [-0.15, -0.1) is 5.10 Å². The van der Waals surface area contributed by atoms with E-state index in [9.17, 15) is 4.79 Å². The highest BCUT2D eigenvalue weighted by molar-refractivity contribution is 5.90. The van der Waals surface area contributed by atoms with Gasteiger partial charge in [-0.3, -0.25) is 9.89 Å². The number of nitrogens with zero attached hydrogens (tertiary/aromatic N) is 3. The number of rotatable bonds is 1. The number of amides is 1. The lowest BCUT2D eigenvalue weighted by Crippen LogP contribution is -2.34. The largest absolute Gasteiger partial charge is 0.366 e. The molecule has 6 nitrogen and oxygen atoms in total. The van der Waals surface area contributed by atoms with E-state index < -0.39 is 0 Å². The maximum absolute atomic E-state index is 12.3. The Labute approximate surface area is 110 Å². The van der Waals surface area contributed by atoms with Crippen LogP contribution in [0.1, 0.15) is 21.7 Å². The van der Waals surface area contributed by atoms with E-state index in [0.717, 1.165) is 12.8 Å². The number of hydrogen-bond acceptors (Lipinski definition) is 4. The fraction of sp³-hybridized carbons (Fsp3) is 0.308. The van der Waals surface area contributed by atoms with Crippen molar-refractivity contribution >= 4 is 11.9 Å². The Hall–Kier alpha value is -2.37. The number of aromatic amines is 1. The second-order valence-corrected chi connectivity index (χ2v) is 4.60. The highest BCUT2D eigenvalue weighted by Gasteiger charge is 2.21. The summed E-state index contributed by atoms with van der Waals surface area (Å²) in [5.41, 5.74) is 8.05. The second-order valence-electron chi connectivity index (χ2n) is 4.60. The number of H-pyrrole nitrogens is 1. The first-order valence-electron chi connectivity index (χ1n) is 6.28. The zero-order valence-electron chi connectivity index (χ0n) is 10.5. The Balaban J connectivity index is 1.77. The Morgan fingerprint density at radius 2 is 1.84 bits per heavy atom. The van der Waals surface area contributed by atoms with Crippen LogP contribution >= 0.6 is 0 Å². The molecule has 2 aromatic rings. The zero-order valence-corrected chi connectivity index (χ0v) is 10.5. The normalized spacial score (nSPS) is 14.8. The van der Waals surface area contributed by atoms with Crippen molar-refractivity contribution in [3.8, 4) is 0 Å². The third kappa shape index (κ3) is 2.29. The highest BCUT2D eigenvalue weighted by Crippen LogP contribution is 2.16. The summed E-state index contributed by atoms with van der Waals surface area (Å²) in [5.74, 6) is 0.168. The maximum atomic E-state index is 12.3. The third-order valence-electron chi connectivity index (χ3n) is 3.41. The molecule has 0 atom stereocenters. The van der Waals surface area contributed by atoms with Crippen LogP contribution in [0.3, 0.4) is 0 Å². The summed E-state index contributed by atoms with van der Waals surface area (Å²) >= 11 is 0. The number of nitrogens with one attached hydrogen (secondary N) is 1. The number of nitrogens with two attached hydrogens (primary N) is 1. The van der Waals surface area contributed by atoms with Crippen LogP contribution in [0.15, 0.2) is 24.3 Å². The van der Waals surface area contributed by atoms with Crippen molar-refractivity contribution in [2.45, 2.75) is 12.8 Å². The molecule has 1 aliphatic rings. The monoisotopic (exact) mass is 257 g/mol. The van der Waals surface area contributed by atoms with Crippen LogP contribution < -0.4 is 5.73 Å². The lowest BCUT2D eigenvalue weighted by molar-refractivity contribution is 0.0751. The van der Waals surface area contributed by atoms with Crippen LogP contribution in [0.5, 0.6) is 0 Å². The van der Waals surface area contributed by atoms with Gasteiger partial charge in [0.05, 0.1) is 0 Å². The molecule has 0 radical (unpaired) electrons. The molecule has 3 N–H and O–H groups in total. The topological polar surface area (TPSA) is 87.9 Å². The molecular weight excluding hydrogens is 242 g/mol. The molecule has 6 heteroatoms. The van der Waals surface area contributed by atoms with Crippen molar-refractivity contribution in [1.29, 1.82) is 0 Å². The lowest BCUT2D eigenvalue weighted by atomic mass is 10.0. The van der Waals surface area contributed by atoms with E-state index in [4.69, 9.17) is 5.73 Å². The Bertz CT molecular complexity index is 580. The van der Waals surface area contributed by atoms with Gasteiger partial charge in [-0.05, 0) is 24.0 Å². The number of carbonyl (C=O) groups is 1. The first kappa shape index (κ1) is 11.7. The minimum absolute atomic E-state index is 0.0986. The molecule has 98 valence electrons. The Morgan fingerprint density at radius 3 is 2.37 bits per heavy atom. The van der Waals surface area contributed by atoms with Gasteiger partial charge in [-0.2, -0.15) is 4.98 Å². The van der Waals surface area contributed by atoms with E-state index in [1.165, 1.54) is 11.1 Å². The molecule has 1 amide bonds. The van der Waals surface area contributed by atoms with E-state index in [-0.39, 0.29) is 17.7 Å². The van der Waals surface area contributed by atoms with Gasteiger partial charge < -0.3 is 10.6 Å². The Kier molecular flexibility index (Phi) is 2.91. The van der Waals surface area contributed by atoms with Crippen molar-refractivity contribution in [3.63, 3.8) is 0 Å². The summed E-state index contributed by atoms with van der Waals surface area (Å²) in [6, 6.07) is 8.31. The minimum atomic E-state index is -0.142. The van der Waals surface area contributed by atoms with Crippen LogP contribution in [-0.2, 0) is 12.8 Å². The average Bonchev–Trinajstić information content (AvgIpc) is 2.74. The van der Waals surface area contributed by atoms with Crippen LogP contribution in [-0.4, -0.2) is 39.1 Å². The molecule has 1 aromatic carbocycles. The zero-order chi connectivity index (χ0) is 13.2. The van der Waals surface area contributed by atoms with Crippen molar-refractivity contribution < 1.29 is 4.79 Å². The maximum Gasteiger partial charge on any atom is 0.291 e. The van der Waals surface area contributed by atoms with Crippen molar-refractivity contribution in [3.05, 3.63) is 41.2 Å². The number of aromatic nitrogens is 3. The fourth-order valence-electron chi connectivity index (χ4n) is 2.39. The van der Waals surface area contributed by atoms with Gasteiger partial charge in [0.2, 0.25) is 11.8 Å². The molecule has 0 fully saturated rings. The molecule has 0 saturated heterocycles. The van der Waals surface area contributed by atoms with Gasteiger partial charge >= 0.3 is 0 Å². The van der Waals surface area contributed by atoms with Crippen molar-refractivity contribution in [2.24, 2.45) is 0 Å². The summed E-state index contributed by atoms with van der Waals surface area (Å²) in [4.78, 5) is 17.9. The summed E-state index contributed by atoms with van der Waals surface area (Å²) in [6.07, 6.45) is 1.73. The number of anilines is 1. The van der Waals surface area contributed by atoms with Crippen LogP contribution in [0.25, 0.3) is 0 Å². The van der Waals surface area contributed by atoms with Gasteiger partial charge in [0.25, 0.3) is 5.91 Å². The quantitative estimate of drug-likeness (QED) is 0.784. The lowest BCUT2D eigenvalue weighted by Gasteiger charge is -2.18. The van der Waals surface area contributed by atoms with E-state index in [1.54, 1.807) is 4.90 Å². The Morgan fingerprint density at radius 1 is 1.21 bits per heavy atom. The molecule has 2 heterocycles. The summed E-state index contributed by atoms with van der Waals surface area (Å²) in [7, 11) is 0. The van der Waals surface area contributed by atoms with Gasteiger partial charge in [0.1, 0.15) is 0 Å². The summed E-state index contributed by atoms with van der Waals surface area (Å²) < 4.78 is 0. The predicted molar refractivity (Wildman–Crippen MR) is 70.5 cm³/mol. The molecule has 19 heavy (non-hydrogen) atoms. The smallest absolute Gasteiger partial charge is 0.291 e. The molecule has 0 bridgehead atoms. The summed E-state index contributed by atoms with van der Waals surface area (Å²) in [6.45, 7) is 1.38. The first-order valence-corrected chi connectivity index (χ1v) is 6.28. The molecule has 0 aliphatic carbocycles. The SMILES string of the molecule is Nc1n[nH]c(C(=O)N2CCc3ccccc3CC2)n1. The number of carbonyl (C=O) groups excluding carboxylic acids is 1. The molecular formula is C13H15N5O. The number of benzene rings is 1. The second kappa shape index (κ2) is 4.72. The summed E-state index contributed by atoms with van der Waals surface area (Å²) in [5, 5.41) is 6.26.